The first-order valence-corrected chi connectivity index (χ1v) is 6.34. The van der Waals surface area contributed by atoms with Gasteiger partial charge in [-0.05, 0) is 25.3 Å². The number of hydrogen-bond donors (Lipinski definition) is 2. The molecule has 0 aliphatic carbocycles. The summed E-state index contributed by atoms with van der Waals surface area (Å²) in [6.07, 6.45) is 2.98. The number of aryl methyl sites for hydroxylation is 1. The van der Waals surface area contributed by atoms with Crippen LogP contribution in [-0.2, 0) is 9.59 Å². The van der Waals surface area contributed by atoms with Crippen molar-refractivity contribution in [1.82, 2.24) is 10.7 Å². The maximum atomic E-state index is 11.8. The van der Waals surface area contributed by atoms with Crippen molar-refractivity contribution in [2.24, 2.45) is 11.0 Å². The van der Waals surface area contributed by atoms with Gasteiger partial charge in [0.25, 0.3) is 5.91 Å². The summed E-state index contributed by atoms with van der Waals surface area (Å²) in [7, 11) is 0. The molecule has 1 saturated heterocycles. The van der Waals surface area contributed by atoms with Crippen molar-refractivity contribution in [2.75, 3.05) is 6.54 Å². The van der Waals surface area contributed by atoms with E-state index in [0.29, 0.717) is 13.0 Å². The molecule has 1 aliphatic heterocycles. The van der Waals surface area contributed by atoms with Crippen molar-refractivity contribution in [3.05, 3.63) is 35.4 Å². The molecule has 2 rings (SSSR count). The lowest BCUT2D eigenvalue weighted by molar-refractivity contribution is -0.136. The van der Waals surface area contributed by atoms with Crippen LogP contribution in [0.1, 0.15) is 24.0 Å². The van der Waals surface area contributed by atoms with E-state index in [9.17, 15) is 9.59 Å². The molecule has 2 amide bonds. The van der Waals surface area contributed by atoms with Gasteiger partial charge in [0, 0.05) is 6.54 Å². The first kappa shape index (κ1) is 13.3. The van der Waals surface area contributed by atoms with E-state index >= 15 is 0 Å². The second-order valence-corrected chi connectivity index (χ2v) is 4.63. The van der Waals surface area contributed by atoms with Gasteiger partial charge in [-0.3, -0.25) is 9.59 Å². The summed E-state index contributed by atoms with van der Waals surface area (Å²) in [6.45, 7) is 2.64. The monoisotopic (exact) mass is 259 g/mol. The number of amides is 2. The van der Waals surface area contributed by atoms with Crippen LogP contribution < -0.4 is 10.7 Å². The largest absolute Gasteiger partial charge is 0.355 e. The summed E-state index contributed by atoms with van der Waals surface area (Å²) in [6, 6.07) is 7.77. The van der Waals surface area contributed by atoms with E-state index in [1.54, 1.807) is 6.21 Å². The highest BCUT2D eigenvalue weighted by atomic mass is 16.2. The predicted molar refractivity (Wildman–Crippen MR) is 72.6 cm³/mol. The summed E-state index contributed by atoms with van der Waals surface area (Å²) in [5, 5.41) is 6.56. The van der Waals surface area contributed by atoms with Gasteiger partial charge in [-0.25, -0.2) is 5.43 Å². The highest BCUT2D eigenvalue weighted by Crippen LogP contribution is 2.11. The SMILES string of the molecule is Cc1cccc(C=NNC(=O)C2CCCNC2=O)c1. The minimum atomic E-state index is -0.622. The zero-order chi connectivity index (χ0) is 13.7. The molecule has 19 heavy (non-hydrogen) atoms. The van der Waals surface area contributed by atoms with E-state index in [0.717, 1.165) is 17.5 Å². The zero-order valence-electron chi connectivity index (χ0n) is 10.8. The third-order valence-electron chi connectivity index (χ3n) is 3.03. The van der Waals surface area contributed by atoms with Crippen molar-refractivity contribution in [3.8, 4) is 0 Å². The van der Waals surface area contributed by atoms with Crippen molar-refractivity contribution < 1.29 is 9.59 Å². The summed E-state index contributed by atoms with van der Waals surface area (Å²) in [5.74, 6) is -1.18. The Balaban J connectivity index is 1.91. The standard InChI is InChI=1S/C14H17N3O2/c1-10-4-2-5-11(8-10)9-16-17-14(19)12-6-3-7-15-13(12)18/h2,4-5,8-9,12H,3,6-7H2,1H3,(H,15,18)(H,17,19). The fourth-order valence-electron chi connectivity index (χ4n) is 2.02. The van der Waals surface area contributed by atoms with Gasteiger partial charge in [0.2, 0.25) is 5.91 Å². The summed E-state index contributed by atoms with van der Waals surface area (Å²) in [4.78, 5) is 23.3. The lowest BCUT2D eigenvalue weighted by Crippen LogP contribution is -2.43. The molecule has 0 bridgehead atoms. The Morgan fingerprint density at radius 2 is 2.37 bits per heavy atom. The predicted octanol–water partition coefficient (Wildman–Crippen LogP) is 0.971. The van der Waals surface area contributed by atoms with Crippen LogP contribution in [0.15, 0.2) is 29.4 Å². The molecule has 1 fully saturated rings. The van der Waals surface area contributed by atoms with Gasteiger partial charge in [0.05, 0.1) is 6.21 Å². The average Bonchev–Trinajstić information content (AvgIpc) is 2.39. The van der Waals surface area contributed by atoms with Crippen molar-refractivity contribution in [3.63, 3.8) is 0 Å². The maximum absolute atomic E-state index is 11.8. The third kappa shape index (κ3) is 3.64. The summed E-state index contributed by atoms with van der Waals surface area (Å²) >= 11 is 0. The van der Waals surface area contributed by atoms with E-state index in [2.05, 4.69) is 15.8 Å². The molecule has 0 spiro atoms. The van der Waals surface area contributed by atoms with Crippen LogP contribution in [0, 0.1) is 12.8 Å². The van der Waals surface area contributed by atoms with Crippen LogP contribution in [0.5, 0.6) is 0 Å². The van der Waals surface area contributed by atoms with Gasteiger partial charge >= 0.3 is 0 Å². The van der Waals surface area contributed by atoms with Crippen molar-refractivity contribution in [2.45, 2.75) is 19.8 Å². The van der Waals surface area contributed by atoms with Gasteiger partial charge in [0.15, 0.2) is 0 Å². The van der Waals surface area contributed by atoms with Gasteiger partial charge in [-0.1, -0.05) is 29.8 Å². The van der Waals surface area contributed by atoms with Crippen LogP contribution >= 0.6 is 0 Å². The van der Waals surface area contributed by atoms with Crippen molar-refractivity contribution >= 4 is 18.0 Å². The first-order valence-electron chi connectivity index (χ1n) is 6.34. The minimum absolute atomic E-state index is 0.213. The van der Waals surface area contributed by atoms with Crippen LogP contribution in [-0.4, -0.2) is 24.6 Å². The number of piperidine rings is 1. The second-order valence-electron chi connectivity index (χ2n) is 4.63. The molecular weight excluding hydrogens is 242 g/mol. The van der Waals surface area contributed by atoms with E-state index in [4.69, 9.17) is 0 Å². The molecule has 5 nitrogen and oxygen atoms in total. The molecule has 1 aliphatic rings. The average molecular weight is 259 g/mol. The van der Waals surface area contributed by atoms with Crippen LogP contribution in [0.25, 0.3) is 0 Å². The second kappa shape index (κ2) is 6.13. The topological polar surface area (TPSA) is 70.6 Å². The molecule has 5 heteroatoms. The number of hydrazone groups is 1. The molecule has 1 aromatic rings. The Kier molecular flexibility index (Phi) is 4.28. The quantitative estimate of drug-likeness (QED) is 0.482. The highest BCUT2D eigenvalue weighted by molar-refractivity contribution is 6.00. The molecular formula is C14H17N3O2. The van der Waals surface area contributed by atoms with Gasteiger partial charge in [0.1, 0.15) is 5.92 Å². The lowest BCUT2D eigenvalue weighted by Gasteiger charge is -2.19. The Labute approximate surface area is 112 Å². The zero-order valence-corrected chi connectivity index (χ0v) is 10.8. The normalized spacial score (nSPS) is 19.2. The molecule has 1 aromatic carbocycles. The summed E-state index contributed by atoms with van der Waals surface area (Å²) < 4.78 is 0. The Morgan fingerprint density at radius 3 is 3.11 bits per heavy atom. The van der Waals surface area contributed by atoms with Crippen molar-refractivity contribution in [1.29, 1.82) is 0 Å². The fourth-order valence-corrected chi connectivity index (χ4v) is 2.02. The number of hydrogen-bond acceptors (Lipinski definition) is 3. The lowest BCUT2D eigenvalue weighted by atomic mass is 9.98. The highest BCUT2D eigenvalue weighted by Gasteiger charge is 2.28. The number of carbonyl (C=O) groups excluding carboxylic acids is 2. The van der Waals surface area contributed by atoms with Crippen LogP contribution in [0.3, 0.4) is 0 Å². The molecule has 0 saturated carbocycles. The smallest absolute Gasteiger partial charge is 0.252 e. The molecule has 2 N–H and O–H groups in total. The number of nitrogens with zero attached hydrogens (tertiary/aromatic N) is 1. The first-order chi connectivity index (χ1) is 9.16. The van der Waals surface area contributed by atoms with E-state index < -0.39 is 5.92 Å². The van der Waals surface area contributed by atoms with E-state index in [1.165, 1.54) is 0 Å². The number of benzene rings is 1. The van der Waals surface area contributed by atoms with Crippen LogP contribution in [0.4, 0.5) is 0 Å². The van der Waals surface area contributed by atoms with Gasteiger partial charge in [-0.15, -0.1) is 0 Å². The molecule has 1 heterocycles. The Hall–Kier alpha value is -2.17. The fraction of sp³-hybridized carbons (Fsp3) is 0.357. The van der Waals surface area contributed by atoms with Gasteiger partial charge in [-0.2, -0.15) is 5.10 Å². The molecule has 0 radical (unpaired) electrons. The number of rotatable bonds is 3. The van der Waals surface area contributed by atoms with Crippen LogP contribution in [0.2, 0.25) is 0 Å². The molecule has 1 atom stereocenters. The third-order valence-corrected chi connectivity index (χ3v) is 3.03. The van der Waals surface area contributed by atoms with E-state index in [-0.39, 0.29) is 11.8 Å². The summed E-state index contributed by atoms with van der Waals surface area (Å²) in [5.41, 5.74) is 4.46. The molecule has 100 valence electrons. The minimum Gasteiger partial charge on any atom is -0.355 e. The Bertz CT molecular complexity index is 511. The Morgan fingerprint density at radius 1 is 1.53 bits per heavy atom. The number of carbonyl (C=O) groups is 2. The number of nitrogens with one attached hydrogen (secondary N) is 2. The maximum Gasteiger partial charge on any atom is 0.252 e. The molecule has 1 unspecified atom stereocenters. The van der Waals surface area contributed by atoms with E-state index in [1.807, 2.05) is 31.2 Å². The molecule has 0 aromatic heterocycles. The van der Waals surface area contributed by atoms with Gasteiger partial charge < -0.3 is 5.32 Å².